The third-order valence-corrected chi connectivity index (χ3v) is 2.97. The molecular weight excluding hydrogens is 254 g/mol. The monoisotopic (exact) mass is 279 g/mol. The number of carbonyl (C=O) groups is 1. The number of rotatable bonds is 6. The van der Waals surface area contributed by atoms with Gasteiger partial charge in [0.1, 0.15) is 5.75 Å². The molecule has 0 unspecified atom stereocenters. The molecule has 0 fully saturated rings. The van der Waals surface area contributed by atoms with E-state index in [1.54, 1.807) is 12.1 Å². The van der Waals surface area contributed by atoms with Gasteiger partial charge in [0.25, 0.3) is 5.91 Å². The van der Waals surface area contributed by atoms with E-state index in [-0.39, 0.29) is 17.3 Å². The predicted octanol–water partition coefficient (Wildman–Crippen LogP) is 1.63. The summed E-state index contributed by atoms with van der Waals surface area (Å²) in [4.78, 5) is 16.4. The van der Waals surface area contributed by atoms with E-state index in [4.69, 9.17) is 5.73 Å². The molecule has 0 aliphatic carbocycles. The minimum atomic E-state index is -0.0733. The highest BCUT2D eigenvalue weighted by molar-refractivity contribution is 5.95. The van der Waals surface area contributed by atoms with Crippen molar-refractivity contribution in [1.82, 2.24) is 9.80 Å². The normalized spacial score (nSPS) is 11.1. The Morgan fingerprint density at radius 1 is 1.30 bits per heavy atom. The second-order valence-corrected chi connectivity index (χ2v) is 5.72. The zero-order valence-electron chi connectivity index (χ0n) is 12.8. The summed E-state index contributed by atoms with van der Waals surface area (Å²) in [6, 6.07) is 4.64. The van der Waals surface area contributed by atoms with Crippen LogP contribution in [0.5, 0.6) is 5.75 Å². The highest BCUT2D eigenvalue weighted by Crippen LogP contribution is 2.21. The van der Waals surface area contributed by atoms with Crippen molar-refractivity contribution < 1.29 is 9.90 Å². The van der Waals surface area contributed by atoms with Gasteiger partial charge in [-0.25, -0.2) is 0 Å². The highest BCUT2D eigenvalue weighted by Gasteiger charge is 2.17. The number of nitrogens with zero attached hydrogens (tertiary/aromatic N) is 2. The van der Waals surface area contributed by atoms with Crippen molar-refractivity contribution in [3.8, 4) is 5.75 Å². The van der Waals surface area contributed by atoms with Crippen molar-refractivity contribution in [2.45, 2.75) is 13.8 Å². The molecular formula is C15H25N3O2. The first-order valence-electron chi connectivity index (χ1n) is 6.83. The van der Waals surface area contributed by atoms with Crippen LogP contribution in [0.1, 0.15) is 24.2 Å². The van der Waals surface area contributed by atoms with E-state index in [2.05, 4.69) is 13.8 Å². The summed E-state index contributed by atoms with van der Waals surface area (Å²) >= 11 is 0. The molecule has 1 amide bonds. The summed E-state index contributed by atoms with van der Waals surface area (Å²) in [5.74, 6) is 0.271. The average Bonchev–Trinajstić information content (AvgIpc) is 2.36. The lowest BCUT2D eigenvalue weighted by Gasteiger charge is -2.26. The molecule has 0 radical (unpaired) electrons. The maximum Gasteiger partial charge on any atom is 0.254 e. The number of carbonyl (C=O) groups excluding carboxylic acids is 1. The number of nitrogens with two attached hydrogens (primary N) is 1. The molecule has 5 heteroatoms. The Bertz CT molecular complexity index is 458. The molecule has 0 aliphatic heterocycles. The maximum absolute atomic E-state index is 12.5. The molecule has 1 aromatic carbocycles. The number of phenolic OH excluding ortho intramolecular Hbond substituents is 1. The van der Waals surface area contributed by atoms with Gasteiger partial charge in [0.05, 0.1) is 5.69 Å². The largest absolute Gasteiger partial charge is 0.506 e. The summed E-state index contributed by atoms with van der Waals surface area (Å²) in [5, 5.41) is 9.63. The third-order valence-electron chi connectivity index (χ3n) is 2.97. The van der Waals surface area contributed by atoms with Crippen LogP contribution in [0.3, 0.4) is 0 Å². The molecule has 0 bridgehead atoms. The minimum Gasteiger partial charge on any atom is -0.506 e. The van der Waals surface area contributed by atoms with Crippen molar-refractivity contribution >= 4 is 11.6 Å². The van der Waals surface area contributed by atoms with E-state index in [0.29, 0.717) is 24.6 Å². The van der Waals surface area contributed by atoms with Crippen LogP contribution in [0.2, 0.25) is 0 Å². The lowest BCUT2D eigenvalue weighted by Crippen LogP contribution is -2.39. The van der Waals surface area contributed by atoms with Crippen molar-refractivity contribution in [3.05, 3.63) is 23.8 Å². The number of phenols is 1. The molecule has 0 heterocycles. The van der Waals surface area contributed by atoms with Crippen LogP contribution in [-0.4, -0.2) is 54.5 Å². The van der Waals surface area contributed by atoms with Crippen molar-refractivity contribution in [3.63, 3.8) is 0 Å². The van der Waals surface area contributed by atoms with E-state index in [1.165, 1.54) is 6.07 Å². The molecule has 112 valence electrons. The first-order valence-corrected chi connectivity index (χ1v) is 6.83. The van der Waals surface area contributed by atoms with Crippen LogP contribution < -0.4 is 5.73 Å². The third kappa shape index (κ3) is 4.74. The van der Waals surface area contributed by atoms with Crippen LogP contribution in [0.4, 0.5) is 5.69 Å². The van der Waals surface area contributed by atoms with Crippen molar-refractivity contribution in [2.24, 2.45) is 5.92 Å². The molecule has 1 rings (SSSR count). The Kier molecular flexibility index (Phi) is 5.82. The lowest BCUT2D eigenvalue weighted by molar-refractivity contribution is 0.0724. The lowest BCUT2D eigenvalue weighted by atomic mass is 10.1. The van der Waals surface area contributed by atoms with E-state index in [9.17, 15) is 9.90 Å². The van der Waals surface area contributed by atoms with Gasteiger partial charge in [0, 0.05) is 25.2 Å². The second kappa shape index (κ2) is 7.14. The highest BCUT2D eigenvalue weighted by atomic mass is 16.3. The molecule has 0 saturated heterocycles. The van der Waals surface area contributed by atoms with Gasteiger partial charge >= 0.3 is 0 Å². The van der Waals surface area contributed by atoms with E-state index < -0.39 is 0 Å². The van der Waals surface area contributed by atoms with Crippen LogP contribution in [0, 0.1) is 5.92 Å². The van der Waals surface area contributed by atoms with Crippen LogP contribution in [0.25, 0.3) is 0 Å². The van der Waals surface area contributed by atoms with Crippen LogP contribution in [-0.2, 0) is 0 Å². The second-order valence-electron chi connectivity index (χ2n) is 5.72. The molecule has 0 saturated carbocycles. The Labute approximate surface area is 121 Å². The van der Waals surface area contributed by atoms with Gasteiger partial charge < -0.3 is 20.6 Å². The standard InChI is InChI=1S/C15H25N3O2/c1-11(2)10-18(8-7-17(3)4)15(20)12-5-6-13(16)14(19)9-12/h5-6,9,11,19H,7-8,10,16H2,1-4H3. The number of likely N-dealkylation sites (N-methyl/N-ethyl adjacent to an activating group) is 1. The van der Waals surface area contributed by atoms with E-state index >= 15 is 0 Å². The van der Waals surface area contributed by atoms with Crippen molar-refractivity contribution in [2.75, 3.05) is 39.5 Å². The fraction of sp³-hybridized carbons (Fsp3) is 0.533. The Hall–Kier alpha value is -1.75. The number of aromatic hydroxyl groups is 1. The number of hydrogen-bond donors (Lipinski definition) is 2. The molecule has 0 aromatic heterocycles. The van der Waals surface area contributed by atoms with E-state index in [1.807, 2.05) is 23.9 Å². The molecule has 20 heavy (non-hydrogen) atoms. The van der Waals surface area contributed by atoms with Gasteiger partial charge in [-0.05, 0) is 38.2 Å². The summed E-state index contributed by atoms with van der Waals surface area (Å²) < 4.78 is 0. The van der Waals surface area contributed by atoms with Gasteiger partial charge in [-0.1, -0.05) is 13.8 Å². The zero-order valence-corrected chi connectivity index (χ0v) is 12.8. The fourth-order valence-electron chi connectivity index (χ4n) is 1.90. The summed E-state index contributed by atoms with van der Waals surface area (Å²) in [6.45, 7) is 6.32. The minimum absolute atomic E-state index is 0.0482. The smallest absolute Gasteiger partial charge is 0.254 e. The molecule has 0 atom stereocenters. The predicted molar refractivity (Wildman–Crippen MR) is 81.8 cm³/mol. The number of hydrogen-bond acceptors (Lipinski definition) is 4. The Morgan fingerprint density at radius 2 is 1.95 bits per heavy atom. The van der Waals surface area contributed by atoms with Gasteiger partial charge in [-0.15, -0.1) is 0 Å². The van der Waals surface area contributed by atoms with Crippen LogP contribution in [0.15, 0.2) is 18.2 Å². The summed E-state index contributed by atoms with van der Waals surface area (Å²) in [7, 11) is 3.96. The number of anilines is 1. The van der Waals surface area contributed by atoms with Gasteiger partial charge in [-0.2, -0.15) is 0 Å². The first kappa shape index (κ1) is 16.3. The molecule has 5 nitrogen and oxygen atoms in total. The van der Waals surface area contributed by atoms with Crippen LogP contribution >= 0.6 is 0 Å². The topological polar surface area (TPSA) is 69.8 Å². The first-order chi connectivity index (χ1) is 9.31. The summed E-state index contributed by atoms with van der Waals surface area (Å²) in [5.41, 5.74) is 6.31. The quantitative estimate of drug-likeness (QED) is 0.613. The van der Waals surface area contributed by atoms with Gasteiger partial charge in [0.2, 0.25) is 0 Å². The van der Waals surface area contributed by atoms with Crippen molar-refractivity contribution in [1.29, 1.82) is 0 Å². The zero-order chi connectivity index (χ0) is 15.3. The molecule has 0 aliphatic rings. The van der Waals surface area contributed by atoms with Gasteiger partial charge in [0.15, 0.2) is 0 Å². The SMILES string of the molecule is CC(C)CN(CCN(C)C)C(=O)c1ccc(N)c(O)c1. The molecule has 0 spiro atoms. The average molecular weight is 279 g/mol. The fourth-order valence-corrected chi connectivity index (χ4v) is 1.90. The van der Waals surface area contributed by atoms with E-state index in [0.717, 1.165) is 6.54 Å². The Balaban J connectivity index is 2.87. The molecule has 3 N–H and O–H groups in total. The number of benzene rings is 1. The number of nitrogen functional groups attached to an aromatic ring is 1. The number of amides is 1. The molecule has 1 aromatic rings. The summed E-state index contributed by atoms with van der Waals surface area (Å²) in [6.07, 6.45) is 0. The Morgan fingerprint density at radius 3 is 2.45 bits per heavy atom. The maximum atomic E-state index is 12.5. The van der Waals surface area contributed by atoms with Gasteiger partial charge in [-0.3, -0.25) is 4.79 Å².